The molecule has 0 saturated carbocycles. The zero-order valence-electron chi connectivity index (χ0n) is 10.7. The SMILES string of the molecule is CN(CCN1CCCC1)C(=O)c1ccccc1I. The van der Waals surface area contributed by atoms with Crippen molar-refractivity contribution < 1.29 is 4.79 Å². The fourth-order valence-electron chi connectivity index (χ4n) is 2.24. The van der Waals surface area contributed by atoms with Gasteiger partial charge < -0.3 is 9.80 Å². The molecule has 3 nitrogen and oxygen atoms in total. The van der Waals surface area contributed by atoms with Gasteiger partial charge in [-0.15, -0.1) is 0 Å². The highest BCUT2D eigenvalue weighted by Crippen LogP contribution is 2.13. The Balaban J connectivity index is 1.90. The predicted molar refractivity (Wildman–Crippen MR) is 81.8 cm³/mol. The van der Waals surface area contributed by atoms with Crippen LogP contribution in [0.25, 0.3) is 0 Å². The van der Waals surface area contributed by atoms with Gasteiger partial charge in [0.15, 0.2) is 0 Å². The fourth-order valence-corrected chi connectivity index (χ4v) is 2.86. The van der Waals surface area contributed by atoms with Crippen molar-refractivity contribution >= 4 is 28.5 Å². The van der Waals surface area contributed by atoms with Gasteiger partial charge in [0.25, 0.3) is 5.91 Å². The number of amides is 1. The second-order valence-corrected chi connectivity index (χ2v) is 5.92. The summed E-state index contributed by atoms with van der Waals surface area (Å²) in [5, 5.41) is 0. The van der Waals surface area contributed by atoms with Crippen molar-refractivity contribution in [2.24, 2.45) is 0 Å². The van der Waals surface area contributed by atoms with E-state index in [0.29, 0.717) is 0 Å². The zero-order chi connectivity index (χ0) is 13.0. The van der Waals surface area contributed by atoms with Crippen molar-refractivity contribution in [2.45, 2.75) is 12.8 Å². The van der Waals surface area contributed by atoms with Gasteiger partial charge in [-0.25, -0.2) is 0 Å². The van der Waals surface area contributed by atoms with Crippen LogP contribution in [-0.2, 0) is 0 Å². The van der Waals surface area contributed by atoms with E-state index in [9.17, 15) is 4.79 Å². The second-order valence-electron chi connectivity index (χ2n) is 4.76. The van der Waals surface area contributed by atoms with Crippen molar-refractivity contribution in [3.8, 4) is 0 Å². The molecule has 1 aromatic carbocycles. The molecule has 0 aliphatic carbocycles. The molecule has 0 unspecified atom stereocenters. The highest BCUT2D eigenvalue weighted by molar-refractivity contribution is 14.1. The normalized spacial score (nSPS) is 15.9. The fraction of sp³-hybridized carbons (Fsp3) is 0.500. The molecule has 0 spiro atoms. The second kappa shape index (κ2) is 6.52. The minimum atomic E-state index is 0.124. The van der Waals surface area contributed by atoms with Crippen LogP contribution in [0.3, 0.4) is 0 Å². The Morgan fingerprint density at radius 3 is 2.67 bits per heavy atom. The first-order valence-electron chi connectivity index (χ1n) is 6.41. The molecule has 1 saturated heterocycles. The van der Waals surface area contributed by atoms with E-state index in [1.807, 2.05) is 36.2 Å². The lowest BCUT2D eigenvalue weighted by Gasteiger charge is -2.22. The smallest absolute Gasteiger partial charge is 0.254 e. The summed E-state index contributed by atoms with van der Waals surface area (Å²) in [6.07, 6.45) is 2.60. The molecule has 1 aliphatic rings. The Bertz CT molecular complexity index is 416. The van der Waals surface area contributed by atoms with Crippen molar-refractivity contribution in [1.29, 1.82) is 0 Å². The van der Waals surface area contributed by atoms with E-state index in [-0.39, 0.29) is 5.91 Å². The molecular weight excluding hydrogens is 339 g/mol. The minimum absolute atomic E-state index is 0.124. The van der Waals surface area contributed by atoms with Crippen LogP contribution in [0.4, 0.5) is 0 Å². The van der Waals surface area contributed by atoms with Crippen LogP contribution in [0.5, 0.6) is 0 Å². The van der Waals surface area contributed by atoms with Crippen LogP contribution < -0.4 is 0 Å². The van der Waals surface area contributed by atoms with E-state index in [4.69, 9.17) is 0 Å². The highest BCUT2D eigenvalue weighted by Gasteiger charge is 2.16. The Hall–Kier alpha value is -0.620. The maximum Gasteiger partial charge on any atom is 0.254 e. The predicted octanol–water partition coefficient (Wildman–Crippen LogP) is 2.46. The maximum atomic E-state index is 12.3. The molecule has 1 heterocycles. The number of likely N-dealkylation sites (tertiary alicyclic amines) is 1. The van der Waals surface area contributed by atoms with Crippen LogP contribution >= 0.6 is 22.6 Å². The van der Waals surface area contributed by atoms with Gasteiger partial charge >= 0.3 is 0 Å². The van der Waals surface area contributed by atoms with E-state index >= 15 is 0 Å². The molecule has 0 aromatic heterocycles. The third kappa shape index (κ3) is 3.45. The summed E-state index contributed by atoms with van der Waals surface area (Å²) >= 11 is 2.22. The van der Waals surface area contributed by atoms with Gasteiger partial charge in [0.05, 0.1) is 5.56 Å². The number of carbonyl (C=O) groups is 1. The molecule has 0 bridgehead atoms. The number of nitrogens with zero attached hydrogens (tertiary/aromatic N) is 2. The monoisotopic (exact) mass is 358 g/mol. The standard InChI is InChI=1S/C14H19IN2O/c1-16(10-11-17-8-4-5-9-17)14(18)12-6-2-3-7-13(12)15/h2-3,6-7H,4-5,8-11H2,1H3. The summed E-state index contributed by atoms with van der Waals surface area (Å²) in [6, 6.07) is 7.76. The Kier molecular flexibility index (Phi) is 5.00. The first-order chi connectivity index (χ1) is 8.68. The molecule has 2 rings (SSSR count). The summed E-state index contributed by atoms with van der Waals surface area (Å²) in [5.74, 6) is 0.124. The molecule has 18 heavy (non-hydrogen) atoms. The van der Waals surface area contributed by atoms with Gasteiger partial charge in [-0.1, -0.05) is 12.1 Å². The van der Waals surface area contributed by atoms with Crippen molar-refractivity contribution in [1.82, 2.24) is 9.80 Å². The molecule has 1 aromatic rings. The Morgan fingerprint density at radius 1 is 1.33 bits per heavy atom. The van der Waals surface area contributed by atoms with Gasteiger partial charge in [-0.2, -0.15) is 0 Å². The van der Waals surface area contributed by atoms with Crippen molar-refractivity contribution in [2.75, 3.05) is 33.2 Å². The largest absolute Gasteiger partial charge is 0.340 e. The quantitative estimate of drug-likeness (QED) is 0.772. The summed E-state index contributed by atoms with van der Waals surface area (Å²) in [4.78, 5) is 16.5. The highest BCUT2D eigenvalue weighted by atomic mass is 127. The van der Waals surface area contributed by atoms with E-state index in [1.54, 1.807) is 0 Å². The minimum Gasteiger partial charge on any atom is -0.340 e. The molecule has 1 fully saturated rings. The molecule has 4 heteroatoms. The van der Waals surface area contributed by atoms with Crippen molar-refractivity contribution in [3.05, 3.63) is 33.4 Å². The number of hydrogen-bond acceptors (Lipinski definition) is 2. The molecule has 0 atom stereocenters. The molecule has 0 N–H and O–H groups in total. The van der Waals surface area contributed by atoms with Gasteiger partial charge in [-0.05, 0) is 60.7 Å². The van der Waals surface area contributed by atoms with E-state index in [1.165, 1.54) is 25.9 Å². The molecule has 0 radical (unpaired) electrons. The average Bonchev–Trinajstić information content (AvgIpc) is 2.89. The van der Waals surface area contributed by atoms with Crippen LogP contribution in [0, 0.1) is 3.57 Å². The van der Waals surface area contributed by atoms with Crippen LogP contribution in [-0.4, -0.2) is 48.9 Å². The summed E-state index contributed by atoms with van der Waals surface area (Å²) in [5.41, 5.74) is 0.807. The van der Waals surface area contributed by atoms with Gasteiger partial charge in [-0.3, -0.25) is 4.79 Å². The number of likely N-dealkylation sites (N-methyl/N-ethyl adjacent to an activating group) is 1. The van der Waals surface area contributed by atoms with Crippen LogP contribution in [0.1, 0.15) is 23.2 Å². The van der Waals surface area contributed by atoms with Crippen LogP contribution in [0.2, 0.25) is 0 Å². The third-order valence-electron chi connectivity index (χ3n) is 3.40. The number of halogens is 1. The third-order valence-corrected chi connectivity index (χ3v) is 4.34. The summed E-state index contributed by atoms with van der Waals surface area (Å²) in [6.45, 7) is 4.17. The maximum absolute atomic E-state index is 12.3. The number of hydrogen-bond donors (Lipinski definition) is 0. The first kappa shape index (κ1) is 13.8. The zero-order valence-corrected chi connectivity index (χ0v) is 12.9. The van der Waals surface area contributed by atoms with Crippen LogP contribution in [0.15, 0.2) is 24.3 Å². The van der Waals surface area contributed by atoms with Crippen molar-refractivity contribution in [3.63, 3.8) is 0 Å². The molecule has 98 valence electrons. The Morgan fingerprint density at radius 2 is 2.00 bits per heavy atom. The molecular formula is C14H19IN2O. The lowest BCUT2D eigenvalue weighted by atomic mass is 10.2. The topological polar surface area (TPSA) is 23.6 Å². The molecule has 1 amide bonds. The van der Waals surface area contributed by atoms with E-state index in [0.717, 1.165) is 22.2 Å². The first-order valence-corrected chi connectivity index (χ1v) is 7.48. The van der Waals surface area contributed by atoms with Gasteiger partial charge in [0, 0.05) is 23.7 Å². The number of benzene rings is 1. The number of carbonyl (C=O) groups excluding carboxylic acids is 1. The van der Waals surface area contributed by atoms with Gasteiger partial charge in [0.2, 0.25) is 0 Å². The average molecular weight is 358 g/mol. The summed E-state index contributed by atoms with van der Waals surface area (Å²) in [7, 11) is 1.89. The van der Waals surface area contributed by atoms with E-state index < -0.39 is 0 Å². The lowest BCUT2D eigenvalue weighted by molar-refractivity contribution is 0.0781. The lowest BCUT2D eigenvalue weighted by Crippen LogP contribution is -2.35. The molecule has 1 aliphatic heterocycles. The Labute approximate surface area is 122 Å². The number of rotatable bonds is 4. The van der Waals surface area contributed by atoms with Gasteiger partial charge in [0.1, 0.15) is 0 Å². The van der Waals surface area contributed by atoms with E-state index in [2.05, 4.69) is 27.5 Å². The summed E-state index contributed by atoms with van der Waals surface area (Å²) < 4.78 is 1.02.